The molecular weight excluding hydrogens is 200 g/mol. The summed E-state index contributed by atoms with van der Waals surface area (Å²) < 4.78 is 5.24. The minimum atomic E-state index is 0.761. The molecule has 0 saturated heterocycles. The molecule has 0 aliphatic carbocycles. The van der Waals surface area contributed by atoms with E-state index < -0.39 is 0 Å². The van der Waals surface area contributed by atoms with Gasteiger partial charge in [-0.15, -0.1) is 0 Å². The highest BCUT2D eigenvalue weighted by Gasteiger charge is 1.96. The maximum Gasteiger partial charge on any atom is 0.117 e. The van der Waals surface area contributed by atoms with Crippen molar-refractivity contribution in [2.24, 2.45) is 0 Å². The number of hydrogen-bond acceptors (Lipinski definition) is 3. The smallest absolute Gasteiger partial charge is 0.117 e. The molecule has 0 bridgehead atoms. The van der Waals surface area contributed by atoms with Gasteiger partial charge in [0.1, 0.15) is 5.76 Å². The molecule has 16 heavy (non-hydrogen) atoms. The molecule has 1 heterocycles. The number of anilines is 1. The van der Waals surface area contributed by atoms with Crippen molar-refractivity contribution in [3.05, 3.63) is 54.0 Å². The molecule has 3 heteroatoms. The fourth-order valence-electron chi connectivity index (χ4n) is 1.58. The van der Waals surface area contributed by atoms with E-state index >= 15 is 0 Å². The van der Waals surface area contributed by atoms with Crippen LogP contribution in [0.2, 0.25) is 0 Å². The van der Waals surface area contributed by atoms with Gasteiger partial charge in [-0.1, -0.05) is 12.1 Å². The average molecular weight is 216 g/mol. The third-order valence-electron chi connectivity index (χ3n) is 2.42. The van der Waals surface area contributed by atoms with Crippen LogP contribution >= 0.6 is 0 Å². The summed E-state index contributed by atoms with van der Waals surface area (Å²) in [6.45, 7) is 1.60. The molecule has 2 aromatic rings. The first kappa shape index (κ1) is 10.8. The second-order valence-corrected chi connectivity index (χ2v) is 3.63. The number of benzene rings is 1. The van der Waals surface area contributed by atoms with E-state index in [2.05, 4.69) is 34.9 Å². The predicted molar refractivity (Wildman–Crippen MR) is 65.2 cm³/mol. The maximum atomic E-state index is 5.24. The molecule has 2 N–H and O–H groups in total. The van der Waals surface area contributed by atoms with E-state index in [0.717, 1.165) is 24.5 Å². The zero-order valence-electron chi connectivity index (χ0n) is 9.36. The number of nitrogens with one attached hydrogen (secondary N) is 2. The topological polar surface area (TPSA) is 37.2 Å². The molecule has 0 amide bonds. The Labute approximate surface area is 95.5 Å². The van der Waals surface area contributed by atoms with E-state index in [4.69, 9.17) is 4.42 Å². The SMILES string of the molecule is CNc1cccc(CNCc2ccco2)c1. The molecule has 1 aromatic carbocycles. The van der Waals surface area contributed by atoms with Crippen molar-refractivity contribution >= 4 is 5.69 Å². The molecule has 0 atom stereocenters. The maximum absolute atomic E-state index is 5.24. The minimum absolute atomic E-state index is 0.761. The summed E-state index contributed by atoms with van der Waals surface area (Å²) in [7, 11) is 1.93. The van der Waals surface area contributed by atoms with Crippen LogP contribution in [0.15, 0.2) is 47.1 Å². The van der Waals surface area contributed by atoms with Crippen molar-refractivity contribution in [2.45, 2.75) is 13.1 Å². The Balaban J connectivity index is 1.85. The summed E-state index contributed by atoms with van der Waals surface area (Å²) in [5.74, 6) is 0.963. The van der Waals surface area contributed by atoms with Gasteiger partial charge in [-0.05, 0) is 29.8 Å². The number of furan rings is 1. The Kier molecular flexibility index (Phi) is 3.62. The molecule has 1 aromatic heterocycles. The summed E-state index contributed by atoms with van der Waals surface area (Å²) in [6, 6.07) is 12.2. The van der Waals surface area contributed by atoms with Crippen LogP contribution in [-0.2, 0) is 13.1 Å². The zero-order valence-corrected chi connectivity index (χ0v) is 9.36. The van der Waals surface area contributed by atoms with Crippen LogP contribution in [0, 0.1) is 0 Å². The van der Waals surface area contributed by atoms with Crippen LogP contribution in [0.3, 0.4) is 0 Å². The largest absolute Gasteiger partial charge is 0.468 e. The van der Waals surface area contributed by atoms with Crippen LogP contribution in [0.4, 0.5) is 5.69 Å². The first-order chi connectivity index (χ1) is 7.88. The Morgan fingerprint density at radius 2 is 2.06 bits per heavy atom. The summed E-state index contributed by atoms with van der Waals surface area (Å²) in [6.07, 6.45) is 1.69. The van der Waals surface area contributed by atoms with Crippen molar-refractivity contribution in [3.8, 4) is 0 Å². The first-order valence-electron chi connectivity index (χ1n) is 5.38. The van der Waals surface area contributed by atoms with Gasteiger partial charge in [0, 0.05) is 19.3 Å². The van der Waals surface area contributed by atoms with Crippen molar-refractivity contribution in [1.29, 1.82) is 0 Å². The number of rotatable bonds is 5. The fraction of sp³-hybridized carbons (Fsp3) is 0.231. The van der Waals surface area contributed by atoms with Gasteiger partial charge in [0.25, 0.3) is 0 Å². The van der Waals surface area contributed by atoms with Gasteiger partial charge in [-0.25, -0.2) is 0 Å². The van der Waals surface area contributed by atoms with Crippen LogP contribution in [0.5, 0.6) is 0 Å². The summed E-state index contributed by atoms with van der Waals surface area (Å²) >= 11 is 0. The molecule has 0 fully saturated rings. The van der Waals surface area contributed by atoms with E-state index in [9.17, 15) is 0 Å². The van der Waals surface area contributed by atoms with Crippen LogP contribution in [0.25, 0.3) is 0 Å². The predicted octanol–water partition coefficient (Wildman–Crippen LogP) is 2.61. The third kappa shape index (κ3) is 2.87. The van der Waals surface area contributed by atoms with E-state index in [-0.39, 0.29) is 0 Å². The molecule has 0 aliphatic rings. The standard InChI is InChI=1S/C13H16N2O/c1-14-12-5-2-4-11(8-12)9-15-10-13-6-3-7-16-13/h2-8,14-15H,9-10H2,1H3. The molecular formula is C13H16N2O. The highest BCUT2D eigenvalue weighted by atomic mass is 16.3. The van der Waals surface area contributed by atoms with Gasteiger partial charge < -0.3 is 15.1 Å². The second kappa shape index (κ2) is 5.37. The minimum Gasteiger partial charge on any atom is -0.468 e. The Hall–Kier alpha value is -1.74. The van der Waals surface area contributed by atoms with Crippen LogP contribution in [-0.4, -0.2) is 7.05 Å². The van der Waals surface area contributed by atoms with Crippen LogP contribution < -0.4 is 10.6 Å². The molecule has 3 nitrogen and oxygen atoms in total. The van der Waals surface area contributed by atoms with Gasteiger partial charge in [-0.2, -0.15) is 0 Å². The highest BCUT2D eigenvalue weighted by Crippen LogP contribution is 2.09. The lowest BCUT2D eigenvalue weighted by Crippen LogP contribution is -2.12. The summed E-state index contributed by atoms with van der Waals surface area (Å²) in [5.41, 5.74) is 2.40. The summed E-state index contributed by atoms with van der Waals surface area (Å²) in [4.78, 5) is 0. The molecule has 0 aliphatic heterocycles. The quantitative estimate of drug-likeness (QED) is 0.806. The van der Waals surface area contributed by atoms with Gasteiger partial charge in [-0.3, -0.25) is 0 Å². The van der Waals surface area contributed by atoms with Gasteiger partial charge >= 0.3 is 0 Å². The lowest BCUT2D eigenvalue weighted by molar-refractivity contribution is 0.483. The summed E-state index contributed by atoms with van der Waals surface area (Å²) in [5, 5.41) is 6.46. The molecule has 0 spiro atoms. The van der Waals surface area contributed by atoms with E-state index in [1.165, 1.54) is 5.56 Å². The van der Waals surface area contributed by atoms with E-state index in [1.54, 1.807) is 6.26 Å². The number of hydrogen-bond donors (Lipinski definition) is 2. The first-order valence-corrected chi connectivity index (χ1v) is 5.38. The second-order valence-electron chi connectivity index (χ2n) is 3.63. The Morgan fingerprint density at radius 3 is 2.81 bits per heavy atom. The lowest BCUT2D eigenvalue weighted by atomic mass is 10.2. The molecule has 84 valence electrons. The molecule has 2 rings (SSSR count). The molecule has 0 unspecified atom stereocenters. The van der Waals surface area contributed by atoms with E-state index in [0.29, 0.717) is 0 Å². The van der Waals surface area contributed by atoms with Crippen molar-refractivity contribution in [1.82, 2.24) is 5.32 Å². The third-order valence-corrected chi connectivity index (χ3v) is 2.42. The Morgan fingerprint density at radius 1 is 1.12 bits per heavy atom. The van der Waals surface area contributed by atoms with Crippen molar-refractivity contribution < 1.29 is 4.42 Å². The van der Waals surface area contributed by atoms with Crippen molar-refractivity contribution in [3.63, 3.8) is 0 Å². The van der Waals surface area contributed by atoms with E-state index in [1.807, 2.05) is 19.2 Å². The highest BCUT2D eigenvalue weighted by molar-refractivity contribution is 5.44. The Bertz CT molecular complexity index is 423. The molecule has 0 saturated carbocycles. The monoisotopic (exact) mass is 216 g/mol. The van der Waals surface area contributed by atoms with Crippen LogP contribution in [0.1, 0.15) is 11.3 Å². The van der Waals surface area contributed by atoms with Crippen molar-refractivity contribution in [2.75, 3.05) is 12.4 Å². The normalized spacial score (nSPS) is 10.3. The van der Waals surface area contributed by atoms with Gasteiger partial charge in [0.05, 0.1) is 12.8 Å². The van der Waals surface area contributed by atoms with Gasteiger partial charge in [0.15, 0.2) is 0 Å². The zero-order chi connectivity index (χ0) is 11.2. The average Bonchev–Trinajstić information content (AvgIpc) is 2.82. The van der Waals surface area contributed by atoms with Gasteiger partial charge in [0.2, 0.25) is 0 Å². The lowest BCUT2D eigenvalue weighted by Gasteiger charge is -2.05. The fourth-order valence-corrected chi connectivity index (χ4v) is 1.58. The molecule has 0 radical (unpaired) electrons.